The number of carbonyl (C=O) groups is 3. The van der Waals surface area contributed by atoms with Gasteiger partial charge < -0.3 is 40.2 Å². The van der Waals surface area contributed by atoms with Gasteiger partial charge in [-0.15, -0.1) is 0 Å². The maximum absolute atomic E-state index is 13.8. The number of aromatic amines is 1. The van der Waals surface area contributed by atoms with Crippen LogP contribution in [0, 0.1) is 5.92 Å². The Morgan fingerprint density at radius 3 is 2.31 bits per heavy atom. The number of aliphatic hydroxyl groups is 1. The number of benzene rings is 4. The second kappa shape index (κ2) is 17.5. The van der Waals surface area contributed by atoms with E-state index in [1.807, 2.05) is 42.5 Å². The number of hydrogen-bond donors (Lipinski definition) is 5. The average Bonchev–Trinajstić information content (AvgIpc) is 3.25. The first-order valence-corrected chi connectivity index (χ1v) is 20.3. The number of esters is 1. The van der Waals surface area contributed by atoms with Crippen molar-refractivity contribution in [1.82, 2.24) is 25.4 Å². The van der Waals surface area contributed by atoms with E-state index >= 15 is 0 Å². The largest absolute Gasteiger partial charge is 0.506 e. The fraction of sp³-hybridized carbons (Fsp3) is 0.348. The summed E-state index contributed by atoms with van der Waals surface area (Å²) in [5.41, 5.74) is 2.42. The number of phenolic OH excluding ortho intramolecular Hbond substituents is 1. The highest BCUT2D eigenvalue weighted by Gasteiger charge is 2.55. The Hall–Kier alpha value is -6.02. The van der Waals surface area contributed by atoms with Crippen molar-refractivity contribution in [3.8, 4) is 11.5 Å². The number of rotatable bonds is 15. The van der Waals surface area contributed by atoms with E-state index in [2.05, 4.69) is 20.5 Å². The molecular weight excluding hydrogens is 751 g/mol. The minimum Gasteiger partial charge on any atom is -0.506 e. The summed E-state index contributed by atoms with van der Waals surface area (Å²) in [5, 5.41) is 27.5. The standard InChI is InChI=1S/C46H49N5O8/c52-38-17-15-36(37-16-18-41(54)49-42(37)38)39(53)25-47-21-4-22-48-43(55)32-9-7-30(8-10-32)27-58-35-13-11-33(12-14-35)44(56)51-28-46(29-51,34-5-2-1-3-6-34)45(57)59-40-26-50-23-19-31(40)20-24-50/h1-3,5-18,31,39-40,47,52-53H,4,19-29H2,(H,48,55)(H,49,54)/t39-,40?/m0/s1. The predicted molar refractivity (Wildman–Crippen MR) is 221 cm³/mol. The van der Waals surface area contributed by atoms with Gasteiger partial charge in [0, 0.05) is 55.3 Å². The van der Waals surface area contributed by atoms with Crippen molar-refractivity contribution in [2.75, 3.05) is 52.4 Å². The van der Waals surface area contributed by atoms with Crippen LogP contribution in [-0.2, 0) is 21.6 Å². The molecule has 2 amide bonds. The van der Waals surface area contributed by atoms with Crippen LogP contribution in [0.3, 0.4) is 0 Å². The Morgan fingerprint density at radius 2 is 1.59 bits per heavy atom. The summed E-state index contributed by atoms with van der Waals surface area (Å²) in [6.45, 7) is 4.96. The second-order valence-corrected chi connectivity index (χ2v) is 15.8. The van der Waals surface area contributed by atoms with E-state index in [1.54, 1.807) is 53.4 Å². The molecule has 306 valence electrons. The average molecular weight is 800 g/mol. The van der Waals surface area contributed by atoms with Crippen LogP contribution in [-0.4, -0.2) is 101 Å². The lowest BCUT2D eigenvalue weighted by atomic mass is 9.73. The first-order valence-electron chi connectivity index (χ1n) is 20.3. The van der Waals surface area contributed by atoms with Crippen LogP contribution in [0.25, 0.3) is 10.9 Å². The number of hydrogen-bond acceptors (Lipinski definition) is 10. The SMILES string of the molecule is O=C(NCCCNC[C@H](O)c1ccc(O)c2[nH]c(=O)ccc12)c1ccc(COc2ccc(C(=O)N3CC(C(=O)OC4CN5CCC4CC5)(c4ccccc4)C3)cc2)cc1. The zero-order chi connectivity index (χ0) is 40.9. The monoisotopic (exact) mass is 799 g/mol. The smallest absolute Gasteiger partial charge is 0.320 e. The number of phenols is 1. The molecule has 4 aromatic carbocycles. The van der Waals surface area contributed by atoms with Crippen LogP contribution in [0.5, 0.6) is 11.5 Å². The first kappa shape index (κ1) is 39.8. The van der Waals surface area contributed by atoms with Crippen LogP contribution in [0.2, 0.25) is 0 Å². The van der Waals surface area contributed by atoms with E-state index in [0.717, 1.165) is 43.6 Å². The zero-order valence-corrected chi connectivity index (χ0v) is 32.8. The summed E-state index contributed by atoms with van der Waals surface area (Å²) in [6, 6.07) is 29.8. The van der Waals surface area contributed by atoms with Gasteiger partial charge in [-0.1, -0.05) is 48.5 Å². The van der Waals surface area contributed by atoms with Gasteiger partial charge >= 0.3 is 5.97 Å². The lowest BCUT2D eigenvalue weighted by Crippen LogP contribution is -2.66. The van der Waals surface area contributed by atoms with Crippen molar-refractivity contribution in [2.24, 2.45) is 5.92 Å². The quantitative estimate of drug-likeness (QED) is 0.0760. The number of amides is 2. The number of likely N-dealkylation sites (tertiary alicyclic amines) is 1. The van der Waals surface area contributed by atoms with Gasteiger partial charge in [-0.05, 0) is 110 Å². The highest BCUT2D eigenvalue weighted by atomic mass is 16.5. The van der Waals surface area contributed by atoms with Crippen molar-refractivity contribution in [2.45, 2.75) is 43.5 Å². The normalized spacial score (nSPS) is 19.7. The topological polar surface area (TPSA) is 174 Å². The van der Waals surface area contributed by atoms with Gasteiger partial charge in [0.25, 0.3) is 11.8 Å². The maximum Gasteiger partial charge on any atom is 0.320 e. The molecule has 13 heteroatoms. The lowest BCUT2D eigenvalue weighted by molar-refractivity contribution is -0.171. The fourth-order valence-corrected chi connectivity index (χ4v) is 8.44. The molecule has 5 N–H and O–H groups in total. The van der Waals surface area contributed by atoms with Gasteiger partial charge in [0.15, 0.2) is 0 Å². The van der Waals surface area contributed by atoms with Crippen molar-refractivity contribution in [3.05, 3.63) is 141 Å². The van der Waals surface area contributed by atoms with Crippen molar-refractivity contribution >= 4 is 28.7 Å². The lowest BCUT2D eigenvalue weighted by Gasteiger charge is -2.50. The molecule has 1 unspecified atom stereocenters. The number of pyridine rings is 1. The minimum atomic E-state index is -0.884. The maximum atomic E-state index is 13.8. The molecule has 5 aromatic rings. The Bertz CT molecular complexity index is 2340. The number of ether oxygens (including phenoxy) is 2. The van der Waals surface area contributed by atoms with E-state index in [4.69, 9.17) is 9.47 Å². The molecule has 4 saturated heterocycles. The Kier molecular flexibility index (Phi) is 11.8. The molecule has 2 bridgehead atoms. The van der Waals surface area contributed by atoms with Crippen LogP contribution in [0.4, 0.5) is 0 Å². The van der Waals surface area contributed by atoms with Crippen molar-refractivity contribution in [1.29, 1.82) is 0 Å². The minimum absolute atomic E-state index is 0.0619. The summed E-state index contributed by atoms with van der Waals surface area (Å²) in [4.78, 5) is 58.4. The Balaban J connectivity index is 0.762. The zero-order valence-electron chi connectivity index (χ0n) is 32.8. The molecular formula is C46H49N5O8. The van der Waals surface area contributed by atoms with Crippen molar-refractivity contribution < 1.29 is 34.1 Å². The van der Waals surface area contributed by atoms with Gasteiger partial charge in [-0.25, -0.2) is 0 Å². The Labute approximate surface area is 342 Å². The number of carbonyl (C=O) groups excluding carboxylic acids is 3. The number of piperidine rings is 3. The first-order chi connectivity index (χ1) is 28.7. The molecule has 0 spiro atoms. The number of aromatic nitrogens is 1. The van der Waals surface area contributed by atoms with Gasteiger partial charge in [0.05, 0.1) is 11.6 Å². The second-order valence-electron chi connectivity index (χ2n) is 15.8. The van der Waals surface area contributed by atoms with Gasteiger partial charge in [0.1, 0.15) is 29.6 Å². The molecule has 0 radical (unpaired) electrons. The van der Waals surface area contributed by atoms with E-state index in [-0.39, 0.29) is 67.0 Å². The summed E-state index contributed by atoms with van der Waals surface area (Å²) < 4.78 is 12.2. The third-order valence-corrected chi connectivity index (χ3v) is 11.9. The summed E-state index contributed by atoms with van der Waals surface area (Å²) in [7, 11) is 0. The number of aromatic hydroxyl groups is 1. The summed E-state index contributed by atoms with van der Waals surface area (Å²) in [6.07, 6.45) is 1.79. The fourth-order valence-electron chi connectivity index (χ4n) is 8.44. The van der Waals surface area contributed by atoms with E-state index in [1.165, 1.54) is 12.1 Å². The highest BCUT2D eigenvalue weighted by Crippen LogP contribution is 2.39. The molecule has 4 aliphatic heterocycles. The van der Waals surface area contributed by atoms with E-state index in [9.17, 15) is 29.4 Å². The Morgan fingerprint density at radius 1 is 0.864 bits per heavy atom. The van der Waals surface area contributed by atoms with Crippen LogP contribution in [0.1, 0.15) is 62.8 Å². The van der Waals surface area contributed by atoms with Crippen LogP contribution in [0.15, 0.2) is 108 Å². The van der Waals surface area contributed by atoms with Gasteiger partial charge in [-0.3, -0.25) is 24.1 Å². The number of nitrogens with one attached hydrogen (secondary N) is 3. The highest BCUT2D eigenvalue weighted by molar-refractivity contribution is 5.98. The molecule has 13 nitrogen and oxygen atoms in total. The molecule has 0 saturated carbocycles. The van der Waals surface area contributed by atoms with Crippen LogP contribution < -0.4 is 20.9 Å². The third kappa shape index (κ3) is 8.73. The molecule has 5 heterocycles. The van der Waals surface area contributed by atoms with Gasteiger partial charge in [-0.2, -0.15) is 0 Å². The molecule has 4 aliphatic rings. The molecule has 0 aliphatic carbocycles. The molecule has 4 fully saturated rings. The number of nitrogens with zero attached hydrogens (tertiary/aromatic N) is 2. The van der Waals surface area contributed by atoms with Crippen LogP contribution >= 0.6 is 0 Å². The third-order valence-electron chi connectivity index (χ3n) is 11.9. The molecule has 9 rings (SSSR count). The summed E-state index contributed by atoms with van der Waals surface area (Å²) >= 11 is 0. The number of aliphatic hydroxyl groups excluding tert-OH is 1. The number of fused-ring (bicyclic) bond motifs is 4. The molecule has 2 atom stereocenters. The van der Waals surface area contributed by atoms with Gasteiger partial charge in [0.2, 0.25) is 5.56 Å². The number of H-pyrrole nitrogens is 1. The van der Waals surface area contributed by atoms with E-state index in [0.29, 0.717) is 53.3 Å². The molecule has 59 heavy (non-hydrogen) atoms. The molecule has 1 aromatic heterocycles. The van der Waals surface area contributed by atoms with Crippen molar-refractivity contribution in [3.63, 3.8) is 0 Å². The predicted octanol–water partition coefficient (Wildman–Crippen LogP) is 4.29. The van der Waals surface area contributed by atoms with E-state index < -0.39 is 11.5 Å². The summed E-state index contributed by atoms with van der Waals surface area (Å²) in [5.74, 6) is 0.346.